The molecule has 4 nitrogen and oxygen atoms in total. The monoisotopic (exact) mass is 163 g/mol. The van der Waals surface area contributed by atoms with E-state index in [0.717, 1.165) is 30.8 Å². The summed E-state index contributed by atoms with van der Waals surface area (Å²) in [4.78, 5) is 18.4. The Balaban J connectivity index is 2.42. The van der Waals surface area contributed by atoms with Gasteiger partial charge in [0.1, 0.15) is 0 Å². The van der Waals surface area contributed by atoms with Gasteiger partial charge in [0.25, 0.3) is 0 Å². The van der Waals surface area contributed by atoms with E-state index in [9.17, 15) is 4.79 Å². The molecule has 0 unspecified atom stereocenters. The summed E-state index contributed by atoms with van der Waals surface area (Å²) in [7, 11) is 0. The summed E-state index contributed by atoms with van der Waals surface area (Å²) in [6, 6.07) is 0. The molecule has 1 aliphatic rings. The van der Waals surface area contributed by atoms with Crippen LogP contribution < -0.4 is 5.32 Å². The minimum atomic E-state index is 0.288. The van der Waals surface area contributed by atoms with Crippen LogP contribution in [0.25, 0.3) is 0 Å². The van der Waals surface area contributed by atoms with Crippen molar-refractivity contribution in [2.75, 3.05) is 6.54 Å². The van der Waals surface area contributed by atoms with E-state index in [-0.39, 0.29) is 5.82 Å². The Morgan fingerprint density at radius 1 is 1.58 bits per heavy atom. The van der Waals surface area contributed by atoms with Gasteiger partial charge < -0.3 is 5.32 Å². The Bertz CT molecular complexity index is 311. The van der Waals surface area contributed by atoms with E-state index >= 15 is 0 Å². The van der Waals surface area contributed by atoms with Crippen molar-refractivity contribution >= 4 is 6.29 Å². The van der Waals surface area contributed by atoms with Gasteiger partial charge in [-0.25, -0.2) is 9.97 Å². The van der Waals surface area contributed by atoms with Crippen molar-refractivity contribution in [2.24, 2.45) is 0 Å². The first-order valence-electron chi connectivity index (χ1n) is 3.91. The first kappa shape index (κ1) is 7.36. The summed E-state index contributed by atoms with van der Waals surface area (Å²) < 4.78 is 0. The Morgan fingerprint density at radius 3 is 3.33 bits per heavy atom. The van der Waals surface area contributed by atoms with E-state index in [1.54, 1.807) is 6.20 Å². The van der Waals surface area contributed by atoms with E-state index < -0.39 is 0 Å². The summed E-state index contributed by atoms with van der Waals surface area (Å²) in [6.07, 6.45) is 3.29. The molecule has 2 heterocycles. The molecule has 0 aliphatic carbocycles. The number of carbonyl (C=O) groups is 1. The van der Waals surface area contributed by atoms with Crippen molar-refractivity contribution < 1.29 is 4.79 Å². The van der Waals surface area contributed by atoms with E-state index in [2.05, 4.69) is 15.3 Å². The molecule has 0 saturated carbocycles. The van der Waals surface area contributed by atoms with Crippen molar-refractivity contribution in [1.29, 1.82) is 0 Å². The average molecular weight is 163 g/mol. The molecule has 62 valence electrons. The van der Waals surface area contributed by atoms with Crippen LogP contribution in [0.15, 0.2) is 6.20 Å². The Labute approximate surface area is 70.0 Å². The Kier molecular flexibility index (Phi) is 1.83. The molecule has 0 radical (unpaired) electrons. The van der Waals surface area contributed by atoms with Gasteiger partial charge in [0, 0.05) is 31.3 Å². The van der Waals surface area contributed by atoms with E-state index in [1.165, 1.54) is 0 Å². The van der Waals surface area contributed by atoms with Crippen molar-refractivity contribution in [3.8, 4) is 0 Å². The first-order valence-corrected chi connectivity index (χ1v) is 3.91. The van der Waals surface area contributed by atoms with Crippen molar-refractivity contribution in [2.45, 2.75) is 13.0 Å². The summed E-state index contributed by atoms with van der Waals surface area (Å²) in [6.45, 7) is 1.75. The lowest BCUT2D eigenvalue weighted by Gasteiger charge is -2.14. The standard InChI is InChI=1S/C8H9N3O/c12-5-8-10-4-6-3-9-2-1-7(6)11-8/h4-5,9H,1-3H2. The van der Waals surface area contributed by atoms with Gasteiger partial charge >= 0.3 is 0 Å². The fourth-order valence-electron chi connectivity index (χ4n) is 1.31. The summed E-state index contributed by atoms with van der Waals surface area (Å²) in [5.41, 5.74) is 2.11. The van der Waals surface area contributed by atoms with Crippen LogP contribution in [0.1, 0.15) is 21.9 Å². The number of aromatic nitrogens is 2. The molecule has 0 fully saturated rings. The number of carbonyl (C=O) groups excluding carboxylic acids is 1. The van der Waals surface area contributed by atoms with Gasteiger partial charge in [-0.2, -0.15) is 0 Å². The molecule has 0 aromatic carbocycles. The molecular formula is C8H9N3O. The molecule has 0 bridgehead atoms. The molecule has 1 aromatic heterocycles. The van der Waals surface area contributed by atoms with Crippen LogP contribution in [0.4, 0.5) is 0 Å². The topological polar surface area (TPSA) is 54.9 Å². The molecule has 1 N–H and O–H groups in total. The molecule has 1 aromatic rings. The van der Waals surface area contributed by atoms with Gasteiger partial charge in [0.05, 0.1) is 5.69 Å². The molecule has 0 spiro atoms. The van der Waals surface area contributed by atoms with E-state index in [0.29, 0.717) is 6.29 Å². The molecule has 0 amide bonds. The smallest absolute Gasteiger partial charge is 0.192 e. The highest BCUT2D eigenvalue weighted by Gasteiger charge is 2.10. The van der Waals surface area contributed by atoms with Gasteiger partial charge in [-0.3, -0.25) is 4.79 Å². The van der Waals surface area contributed by atoms with Gasteiger partial charge in [-0.1, -0.05) is 0 Å². The predicted molar refractivity (Wildman–Crippen MR) is 42.8 cm³/mol. The number of nitrogens with zero attached hydrogens (tertiary/aromatic N) is 2. The summed E-state index contributed by atoms with van der Waals surface area (Å²) >= 11 is 0. The number of hydrogen-bond acceptors (Lipinski definition) is 4. The minimum Gasteiger partial charge on any atom is -0.312 e. The molecule has 0 atom stereocenters. The van der Waals surface area contributed by atoms with Gasteiger partial charge in [-0.15, -0.1) is 0 Å². The highest BCUT2D eigenvalue weighted by Crippen LogP contribution is 2.08. The van der Waals surface area contributed by atoms with Crippen LogP contribution in [0.2, 0.25) is 0 Å². The molecule has 2 rings (SSSR count). The Hall–Kier alpha value is -1.29. The second-order valence-corrected chi connectivity index (χ2v) is 2.74. The maximum Gasteiger partial charge on any atom is 0.192 e. The van der Waals surface area contributed by atoms with Crippen LogP contribution in [0, 0.1) is 0 Å². The highest BCUT2D eigenvalue weighted by atomic mass is 16.1. The zero-order valence-corrected chi connectivity index (χ0v) is 6.58. The first-order chi connectivity index (χ1) is 5.90. The Morgan fingerprint density at radius 2 is 2.50 bits per heavy atom. The molecule has 4 heteroatoms. The third-order valence-corrected chi connectivity index (χ3v) is 1.93. The summed E-state index contributed by atoms with van der Waals surface area (Å²) in [5, 5.41) is 3.21. The van der Waals surface area contributed by atoms with Crippen LogP contribution in [0.3, 0.4) is 0 Å². The molecule has 1 aliphatic heterocycles. The fourth-order valence-corrected chi connectivity index (χ4v) is 1.31. The third-order valence-electron chi connectivity index (χ3n) is 1.93. The number of rotatable bonds is 1. The molecule has 0 saturated heterocycles. The van der Waals surface area contributed by atoms with Crippen molar-refractivity contribution in [3.05, 3.63) is 23.3 Å². The highest BCUT2D eigenvalue weighted by molar-refractivity contribution is 5.68. The SMILES string of the molecule is O=Cc1ncc2c(n1)CCNC2. The quantitative estimate of drug-likeness (QED) is 0.589. The van der Waals surface area contributed by atoms with Crippen LogP contribution in [0.5, 0.6) is 0 Å². The zero-order chi connectivity index (χ0) is 8.39. The van der Waals surface area contributed by atoms with Gasteiger partial charge in [0.15, 0.2) is 12.1 Å². The maximum atomic E-state index is 10.4. The number of nitrogens with one attached hydrogen (secondary N) is 1. The van der Waals surface area contributed by atoms with Crippen LogP contribution >= 0.6 is 0 Å². The zero-order valence-electron chi connectivity index (χ0n) is 6.58. The average Bonchev–Trinajstić information content (AvgIpc) is 2.17. The lowest BCUT2D eigenvalue weighted by molar-refractivity contribution is 0.111. The number of aldehydes is 1. The maximum absolute atomic E-state index is 10.4. The fraction of sp³-hybridized carbons (Fsp3) is 0.375. The second-order valence-electron chi connectivity index (χ2n) is 2.74. The van der Waals surface area contributed by atoms with Gasteiger partial charge in [-0.05, 0) is 0 Å². The van der Waals surface area contributed by atoms with Crippen molar-refractivity contribution in [3.63, 3.8) is 0 Å². The minimum absolute atomic E-state index is 0.288. The predicted octanol–water partition coefficient (Wildman–Crippen LogP) is -0.0652. The molecular weight excluding hydrogens is 154 g/mol. The van der Waals surface area contributed by atoms with E-state index in [1.807, 2.05) is 0 Å². The normalized spacial score (nSPS) is 15.3. The van der Waals surface area contributed by atoms with E-state index in [4.69, 9.17) is 0 Å². The van der Waals surface area contributed by atoms with Crippen LogP contribution in [-0.2, 0) is 13.0 Å². The van der Waals surface area contributed by atoms with Gasteiger partial charge in [0.2, 0.25) is 0 Å². The second kappa shape index (κ2) is 2.98. The summed E-state index contributed by atoms with van der Waals surface area (Å²) in [5.74, 6) is 0.288. The van der Waals surface area contributed by atoms with Crippen molar-refractivity contribution in [1.82, 2.24) is 15.3 Å². The lowest BCUT2D eigenvalue weighted by atomic mass is 10.1. The van der Waals surface area contributed by atoms with Crippen LogP contribution in [-0.4, -0.2) is 22.8 Å². The third kappa shape index (κ3) is 1.21. The molecule has 12 heavy (non-hydrogen) atoms. The number of hydrogen-bond donors (Lipinski definition) is 1. The lowest BCUT2D eigenvalue weighted by Crippen LogP contribution is -2.25. The largest absolute Gasteiger partial charge is 0.312 e. The number of fused-ring (bicyclic) bond motifs is 1.